The van der Waals surface area contributed by atoms with Crippen molar-refractivity contribution < 1.29 is 9.72 Å². The molecule has 0 spiro atoms. The molecule has 5 nitrogen and oxygen atoms in total. The average molecular weight is 443 g/mol. The summed E-state index contributed by atoms with van der Waals surface area (Å²) in [5, 5.41) is 12.2. The highest BCUT2D eigenvalue weighted by Crippen LogP contribution is 2.47. The van der Waals surface area contributed by atoms with Gasteiger partial charge in [0.25, 0.3) is 11.6 Å². The molecule has 0 bridgehead atoms. The van der Waals surface area contributed by atoms with Gasteiger partial charge in [0.05, 0.1) is 15.6 Å². The molecular formula is C23H23ClN2O3S. The summed E-state index contributed by atoms with van der Waals surface area (Å²) in [5.41, 5.74) is 3.96. The van der Waals surface area contributed by atoms with Crippen LogP contribution in [0, 0.1) is 24.0 Å². The summed E-state index contributed by atoms with van der Waals surface area (Å²) in [7, 11) is 0. The smallest absolute Gasteiger partial charge is 0.270 e. The Labute approximate surface area is 184 Å². The highest BCUT2D eigenvalue weighted by molar-refractivity contribution is 7.21. The molecule has 0 fully saturated rings. The van der Waals surface area contributed by atoms with Crippen LogP contribution >= 0.6 is 22.9 Å². The first kappa shape index (κ1) is 20.8. The summed E-state index contributed by atoms with van der Waals surface area (Å²) in [5.74, 6) is 0.173. The number of fused-ring (bicyclic) bond motifs is 2. The lowest BCUT2D eigenvalue weighted by Gasteiger charge is -2.46. The number of nitrogens with zero attached hydrogens (tertiary/aromatic N) is 2. The zero-order chi connectivity index (χ0) is 22.0. The van der Waals surface area contributed by atoms with Gasteiger partial charge in [-0.1, -0.05) is 36.2 Å². The van der Waals surface area contributed by atoms with Crippen LogP contribution in [0.3, 0.4) is 0 Å². The fourth-order valence-electron chi connectivity index (χ4n) is 4.71. The molecule has 3 aromatic rings. The molecule has 2 aromatic carbocycles. The van der Waals surface area contributed by atoms with E-state index >= 15 is 0 Å². The molecule has 156 valence electrons. The second kappa shape index (κ2) is 7.06. The maximum atomic E-state index is 13.8. The summed E-state index contributed by atoms with van der Waals surface area (Å²) >= 11 is 7.82. The molecule has 1 atom stereocenters. The molecule has 0 saturated carbocycles. The number of aryl methyl sites for hydroxylation is 2. The van der Waals surface area contributed by atoms with Crippen LogP contribution < -0.4 is 4.90 Å². The van der Waals surface area contributed by atoms with E-state index in [4.69, 9.17) is 11.6 Å². The third-order valence-electron chi connectivity index (χ3n) is 5.86. The maximum Gasteiger partial charge on any atom is 0.270 e. The van der Waals surface area contributed by atoms with E-state index in [-0.39, 0.29) is 11.6 Å². The van der Waals surface area contributed by atoms with Gasteiger partial charge in [0.1, 0.15) is 4.88 Å². The SMILES string of the molecule is Cc1cc(C)c2c(c1)[C@H](C)CC(C)(C)N2C(=O)c1sc2cc([N+](=O)[O-])ccc2c1Cl. The van der Waals surface area contributed by atoms with Gasteiger partial charge in [0, 0.05) is 27.8 Å². The summed E-state index contributed by atoms with van der Waals surface area (Å²) in [6, 6.07) is 8.79. The van der Waals surface area contributed by atoms with Crippen molar-refractivity contribution in [2.75, 3.05) is 4.90 Å². The lowest BCUT2D eigenvalue weighted by molar-refractivity contribution is -0.384. The minimum absolute atomic E-state index is 0.0109. The molecule has 0 radical (unpaired) electrons. The highest BCUT2D eigenvalue weighted by Gasteiger charge is 2.42. The van der Waals surface area contributed by atoms with E-state index in [2.05, 4.69) is 39.8 Å². The molecule has 0 saturated heterocycles. The number of nitro benzene ring substituents is 1. The van der Waals surface area contributed by atoms with E-state index in [1.165, 1.54) is 34.6 Å². The number of carbonyl (C=O) groups excluding carboxylic acids is 1. The Morgan fingerprint density at radius 3 is 2.63 bits per heavy atom. The fraction of sp³-hybridized carbons (Fsp3) is 0.348. The molecule has 0 aliphatic carbocycles. The van der Waals surface area contributed by atoms with Crippen molar-refractivity contribution >= 4 is 50.3 Å². The number of rotatable bonds is 2. The molecule has 4 rings (SSSR count). The van der Waals surface area contributed by atoms with Gasteiger partial charge in [0.2, 0.25) is 0 Å². The number of hydrogen-bond acceptors (Lipinski definition) is 4. The monoisotopic (exact) mass is 442 g/mol. The zero-order valence-corrected chi connectivity index (χ0v) is 19.1. The van der Waals surface area contributed by atoms with Crippen LogP contribution in [0.15, 0.2) is 30.3 Å². The first-order valence-corrected chi connectivity index (χ1v) is 11.0. The molecule has 1 amide bonds. The van der Waals surface area contributed by atoms with Gasteiger partial charge in [-0.05, 0) is 57.2 Å². The number of anilines is 1. The van der Waals surface area contributed by atoms with E-state index < -0.39 is 10.5 Å². The average Bonchev–Trinajstić information content (AvgIpc) is 2.98. The van der Waals surface area contributed by atoms with Crippen LogP contribution in [-0.2, 0) is 0 Å². The van der Waals surface area contributed by atoms with Crippen LogP contribution in [0.1, 0.15) is 59.5 Å². The van der Waals surface area contributed by atoms with Gasteiger partial charge in [0.15, 0.2) is 0 Å². The second-order valence-electron chi connectivity index (χ2n) is 8.76. The minimum Gasteiger partial charge on any atom is -0.301 e. The number of halogens is 1. The predicted molar refractivity (Wildman–Crippen MR) is 123 cm³/mol. The Balaban J connectivity index is 1.90. The number of hydrogen-bond donors (Lipinski definition) is 0. The maximum absolute atomic E-state index is 13.8. The van der Waals surface area contributed by atoms with Crippen LogP contribution in [0.5, 0.6) is 0 Å². The fourth-order valence-corrected chi connectivity index (χ4v) is 6.19. The second-order valence-corrected chi connectivity index (χ2v) is 10.2. The van der Waals surface area contributed by atoms with Gasteiger partial charge in [-0.2, -0.15) is 0 Å². The molecule has 0 N–H and O–H groups in total. The summed E-state index contributed by atoms with van der Waals surface area (Å²) in [6.07, 6.45) is 0.836. The van der Waals surface area contributed by atoms with E-state index in [1.54, 1.807) is 6.07 Å². The Hall–Kier alpha value is -2.44. The minimum atomic E-state index is -0.439. The van der Waals surface area contributed by atoms with E-state index in [1.807, 2.05) is 11.8 Å². The van der Waals surface area contributed by atoms with E-state index in [0.717, 1.165) is 17.7 Å². The van der Waals surface area contributed by atoms with Crippen molar-refractivity contribution in [3.8, 4) is 0 Å². The van der Waals surface area contributed by atoms with Crippen LogP contribution in [0.4, 0.5) is 11.4 Å². The van der Waals surface area contributed by atoms with E-state index in [9.17, 15) is 14.9 Å². The lowest BCUT2D eigenvalue weighted by Crippen LogP contribution is -2.52. The lowest BCUT2D eigenvalue weighted by atomic mass is 9.78. The number of carbonyl (C=O) groups is 1. The predicted octanol–water partition coefficient (Wildman–Crippen LogP) is 7.01. The summed E-state index contributed by atoms with van der Waals surface area (Å²) in [4.78, 5) is 26.8. The van der Waals surface area contributed by atoms with Gasteiger partial charge in [-0.3, -0.25) is 14.9 Å². The van der Waals surface area contributed by atoms with E-state index in [0.29, 0.717) is 25.9 Å². The van der Waals surface area contributed by atoms with Gasteiger partial charge < -0.3 is 4.90 Å². The topological polar surface area (TPSA) is 63.5 Å². The van der Waals surface area contributed by atoms with Crippen molar-refractivity contribution in [2.45, 2.75) is 52.5 Å². The molecule has 1 aromatic heterocycles. The van der Waals surface area contributed by atoms with Crippen molar-refractivity contribution in [3.05, 3.63) is 67.0 Å². The van der Waals surface area contributed by atoms with Crippen LogP contribution in [0.2, 0.25) is 5.02 Å². The first-order chi connectivity index (χ1) is 14.0. The molecule has 2 heterocycles. The molecule has 1 aliphatic rings. The van der Waals surface area contributed by atoms with Gasteiger partial charge >= 0.3 is 0 Å². The number of nitro groups is 1. The summed E-state index contributed by atoms with van der Waals surface area (Å²) < 4.78 is 0.640. The van der Waals surface area contributed by atoms with Crippen molar-refractivity contribution in [1.29, 1.82) is 0 Å². The quantitative estimate of drug-likeness (QED) is 0.316. The molecule has 0 unspecified atom stereocenters. The summed E-state index contributed by atoms with van der Waals surface area (Å²) in [6.45, 7) is 10.5. The Morgan fingerprint density at radius 1 is 1.27 bits per heavy atom. The first-order valence-electron chi connectivity index (χ1n) is 9.83. The van der Waals surface area contributed by atoms with Crippen molar-refractivity contribution in [3.63, 3.8) is 0 Å². The standard InChI is InChI=1S/C23H23ClN2O3S/c1-12-8-13(2)20-17(9-12)14(3)11-23(4,5)25(20)22(27)21-19(24)16-7-6-15(26(28)29)10-18(16)30-21/h6-10,14H,11H2,1-5H3/t14-/m1/s1. The third-order valence-corrected chi connectivity index (χ3v) is 7.51. The van der Waals surface area contributed by atoms with Crippen LogP contribution in [0.25, 0.3) is 10.1 Å². The zero-order valence-electron chi connectivity index (χ0n) is 17.6. The molecule has 7 heteroatoms. The van der Waals surface area contributed by atoms with Gasteiger partial charge in [-0.25, -0.2) is 0 Å². The molecular weight excluding hydrogens is 420 g/mol. The number of non-ortho nitro benzene ring substituents is 1. The Morgan fingerprint density at radius 2 is 1.97 bits per heavy atom. The van der Waals surface area contributed by atoms with Crippen molar-refractivity contribution in [1.82, 2.24) is 0 Å². The third kappa shape index (κ3) is 3.19. The Bertz CT molecular complexity index is 1210. The normalized spacial score (nSPS) is 17.8. The molecule has 30 heavy (non-hydrogen) atoms. The van der Waals surface area contributed by atoms with Crippen molar-refractivity contribution in [2.24, 2.45) is 0 Å². The molecule has 1 aliphatic heterocycles. The number of amides is 1. The van der Waals surface area contributed by atoms with Gasteiger partial charge in [-0.15, -0.1) is 11.3 Å². The number of thiophene rings is 1. The largest absolute Gasteiger partial charge is 0.301 e. The number of benzene rings is 2. The highest BCUT2D eigenvalue weighted by atomic mass is 35.5. The van der Waals surface area contributed by atoms with Crippen LogP contribution in [-0.4, -0.2) is 16.4 Å². The Kier molecular flexibility index (Phi) is 4.90.